The molecule has 1 atom stereocenters. The maximum absolute atomic E-state index is 4.17. The summed E-state index contributed by atoms with van der Waals surface area (Å²) in [6.07, 6.45) is 9.20. The van der Waals surface area contributed by atoms with Crippen LogP contribution in [0, 0.1) is 5.41 Å². The molecule has 2 rings (SSSR count). The average Bonchev–Trinajstić information content (AvgIpc) is 2.49. The maximum Gasteiger partial charge on any atom is 0.0728 e. The Balaban J connectivity index is 1.95. The largest absolute Gasteiger partial charge is 0.380 e. The monoisotopic (exact) mass is 207 g/mol. The smallest absolute Gasteiger partial charge is 0.0728 e. The fraction of sp³-hybridized carbons (Fsp3) is 0.750. The minimum absolute atomic E-state index is 0.498. The number of rotatable bonds is 2. The van der Waals surface area contributed by atoms with E-state index in [4.69, 9.17) is 0 Å². The van der Waals surface area contributed by atoms with Crippen molar-refractivity contribution in [2.75, 3.05) is 5.32 Å². The van der Waals surface area contributed by atoms with E-state index in [1.54, 1.807) is 0 Å². The molecule has 1 aromatic rings. The van der Waals surface area contributed by atoms with E-state index < -0.39 is 0 Å². The molecule has 1 aliphatic rings. The molecule has 1 aromatic heterocycles. The van der Waals surface area contributed by atoms with Gasteiger partial charge in [-0.1, -0.05) is 20.3 Å². The van der Waals surface area contributed by atoms with Gasteiger partial charge >= 0.3 is 0 Å². The second-order valence-corrected chi connectivity index (χ2v) is 5.50. The Morgan fingerprint density at radius 2 is 2.33 bits per heavy atom. The van der Waals surface area contributed by atoms with E-state index in [9.17, 15) is 0 Å². The first-order valence-corrected chi connectivity index (χ1v) is 5.80. The van der Waals surface area contributed by atoms with Crippen LogP contribution in [0.15, 0.2) is 12.4 Å². The van der Waals surface area contributed by atoms with Gasteiger partial charge in [-0.15, -0.1) is 0 Å². The number of aromatic nitrogens is 2. The molecule has 0 aromatic carbocycles. The summed E-state index contributed by atoms with van der Waals surface area (Å²) >= 11 is 0. The van der Waals surface area contributed by atoms with Gasteiger partial charge in [-0.05, 0) is 24.7 Å². The Labute approximate surface area is 91.9 Å². The van der Waals surface area contributed by atoms with Crippen LogP contribution in [-0.2, 0) is 7.05 Å². The van der Waals surface area contributed by atoms with Gasteiger partial charge in [-0.2, -0.15) is 5.10 Å². The lowest BCUT2D eigenvalue weighted by atomic mass is 9.75. The Morgan fingerprint density at radius 1 is 1.53 bits per heavy atom. The summed E-state index contributed by atoms with van der Waals surface area (Å²) in [4.78, 5) is 0. The highest BCUT2D eigenvalue weighted by Gasteiger charge is 2.27. The molecule has 84 valence electrons. The summed E-state index contributed by atoms with van der Waals surface area (Å²) in [6, 6.07) is 0.623. The second-order valence-electron chi connectivity index (χ2n) is 5.50. The maximum atomic E-state index is 4.17. The fourth-order valence-corrected chi connectivity index (χ4v) is 2.55. The predicted molar refractivity (Wildman–Crippen MR) is 62.9 cm³/mol. The number of nitrogens with zero attached hydrogens (tertiary/aromatic N) is 2. The van der Waals surface area contributed by atoms with E-state index in [-0.39, 0.29) is 0 Å². The standard InChI is InChI=1S/C12H21N3/c1-12(2)6-4-5-10(7-12)14-11-8-13-15(3)9-11/h8-10,14H,4-7H2,1-3H3/t10-/m1/s1. The molecule has 1 aliphatic carbocycles. The Kier molecular flexibility index (Phi) is 2.72. The molecule has 0 spiro atoms. The molecule has 1 heterocycles. The lowest BCUT2D eigenvalue weighted by Gasteiger charge is -2.35. The number of hydrogen-bond acceptors (Lipinski definition) is 2. The van der Waals surface area contributed by atoms with Crippen molar-refractivity contribution in [2.45, 2.75) is 45.6 Å². The molecule has 0 radical (unpaired) electrons. The van der Waals surface area contributed by atoms with Gasteiger partial charge in [0, 0.05) is 19.3 Å². The van der Waals surface area contributed by atoms with E-state index in [2.05, 4.69) is 24.3 Å². The van der Waals surface area contributed by atoms with E-state index in [0.29, 0.717) is 11.5 Å². The van der Waals surface area contributed by atoms with Crippen molar-refractivity contribution in [1.82, 2.24) is 9.78 Å². The molecule has 1 fully saturated rings. The minimum Gasteiger partial charge on any atom is -0.380 e. The normalized spacial score (nSPS) is 25.1. The molecule has 3 heteroatoms. The van der Waals surface area contributed by atoms with Gasteiger partial charge in [0.1, 0.15) is 0 Å². The molecule has 0 amide bonds. The van der Waals surface area contributed by atoms with Crippen molar-refractivity contribution < 1.29 is 0 Å². The average molecular weight is 207 g/mol. The summed E-state index contributed by atoms with van der Waals surface area (Å²) in [5.41, 5.74) is 1.65. The van der Waals surface area contributed by atoms with Crippen LogP contribution in [0.3, 0.4) is 0 Å². The van der Waals surface area contributed by atoms with Gasteiger partial charge in [0.25, 0.3) is 0 Å². The number of hydrogen-bond donors (Lipinski definition) is 1. The lowest BCUT2D eigenvalue weighted by molar-refractivity contribution is 0.229. The first-order valence-electron chi connectivity index (χ1n) is 5.80. The zero-order valence-electron chi connectivity index (χ0n) is 9.95. The van der Waals surface area contributed by atoms with Crippen molar-refractivity contribution in [3.63, 3.8) is 0 Å². The van der Waals surface area contributed by atoms with Crippen LogP contribution in [-0.4, -0.2) is 15.8 Å². The van der Waals surface area contributed by atoms with Gasteiger partial charge in [-0.25, -0.2) is 0 Å². The van der Waals surface area contributed by atoms with Gasteiger partial charge in [0.15, 0.2) is 0 Å². The summed E-state index contributed by atoms with van der Waals surface area (Å²) in [5.74, 6) is 0. The summed E-state index contributed by atoms with van der Waals surface area (Å²) in [5, 5.41) is 7.75. The Morgan fingerprint density at radius 3 is 2.93 bits per heavy atom. The van der Waals surface area contributed by atoms with Crippen LogP contribution < -0.4 is 5.32 Å². The van der Waals surface area contributed by atoms with E-state index in [1.807, 2.05) is 24.1 Å². The second kappa shape index (κ2) is 3.87. The molecule has 0 bridgehead atoms. The first kappa shape index (κ1) is 10.5. The van der Waals surface area contributed by atoms with Gasteiger partial charge in [0.05, 0.1) is 11.9 Å². The van der Waals surface area contributed by atoms with Crippen molar-refractivity contribution in [3.8, 4) is 0 Å². The third-order valence-corrected chi connectivity index (χ3v) is 3.28. The molecule has 15 heavy (non-hydrogen) atoms. The molecular formula is C12H21N3. The van der Waals surface area contributed by atoms with Crippen molar-refractivity contribution in [1.29, 1.82) is 0 Å². The molecular weight excluding hydrogens is 186 g/mol. The predicted octanol–water partition coefficient (Wildman–Crippen LogP) is 2.80. The summed E-state index contributed by atoms with van der Waals surface area (Å²) in [7, 11) is 1.95. The zero-order chi connectivity index (χ0) is 10.9. The van der Waals surface area contributed by atoms with E-state index in [0.717, 1.165) is 5.69 Å². The zero-order valence-corrected chi connectivity index (χ0v) is 9.95. The lowest BCUT2D eigenvalue weighted by Crippen LogP contribution is -2.31. The van der Waals surface area contributed by atoms with Crippen LogP contribution >= 0.6 is 0 Å². The fourth-order valence-electron chi connectivity index (χ4n) is 2.55. The highest BCUT2D eigenvalue weighted by molar-refractivity contribution is 5.39. The van der Waals surface area contributed by atoms with Crippen LogP contribution in [0.2, 0.25) is 0 Å². The van der Waals surface area contributed by atoms with Crippen LogP contribution in [0.25, 0.3) is 0 Å². The quantitative estimate of drug-likeness (QED) is 0.808. The number of nitrogens with one attached hydrogen (secondary N) is 1. The first-order chi connectivity index (χ1) is 7.05. The molecule has 1 saturated carbocycles. The minimum atomic E-state index is 0.498. The molecule has 0 aliphatic heterocycles. The van der Waals surface area contributed by atoms with Crippen LogP contribution in [0.4, 0.5) is 5.69 Å². The van der Waals surface area contributed by atoms with Crippen molar-refractivity contribution >= 4 is 5.69 Å². The topological polar surface area (TPSA) is 29.9 Å². The molecule has 0 unspecified atom stereocenters. The van der Waals surface area contributed by atoms with E-state index >= 15 is 0 Å². The summed E-state index contributed by atoms with van der Waals surface area (Å²) in [6.45, 7) is 4.73. The summed E-state index contributed by atoms with van der Waals surface area (Å²) < 4.78 is 1.84. The van der Waals surface area contributed by atoms with E-state index in [1.165, 1.54) is 25.7 Å². The molecule has 0 saturated heterocycles. The van der Waals surface area contributed by atoms with Crippen LogP contribution in [0.5, 0.6) is 0 Å². The van der Waals surface area contributed by atoms with Gasteiger partial charge in [-0.3, -0.25) is 4.68 Å². The Hall–Kier alpha value is -0.990. The third kappa shape index (κ3) is 2.74. The number of aryl methyl sites for hydroxylation is 1. The van der Waals surface area contributed by atoms with Gasteiger partial charge < -0.3 is 5.32 Å². The number of anilines is 1. The SMILES string of the molecule is Cn1cc(N[C@@H]2CCCC(C)(C)C2)cn1. The highest BCUT2D eigenvalue weighted by atomic mass is 15.3. The van der Waals surface area contributed by atoms with Gasteiger partial charge in [0.2, 0.25) is 0 Å². The Bertz CT molecular complexity index is 327. The highest BCUT2D eigenvalue weighted by Crippen LogP contribution is 2.36. The van der Waals surface area contributed by atoms with Crippen molar-refractivity contribution in [2.24, 2.45) is 12.5 Å². The molecule has 3 nitrogen and oxygen atoms in total. The third-order valence-electron chi connectivity index (χ3n) is 3.28. The molecule has 1 N–H and O–H groups in total. The van der Waals surface area contributed by atoms with Crippen molar-refractivity contribution in [3.05, 3.63) is 12.4 Å². The van der Waals surface area contributed by atoms with Crippen LogP contribution in [0.1, 0.15) is 39.5 Å².